The van der Waals surface area contributed by atoms with E-state index in [0.29, 0.717) is 10.0 Å². The van der Waals surface area contributed by atoms with Gasteiger partial charge in [-0.15, -0.1) is 0 Å². The Morgan fingerprint density at radius 2 is 2.05 bits per heavy atom. The Morgan fingerprint density at radius 3 is 2.74 bits per heavy atom. The van der Waals surface area contributed by atoms with E-state index in [1.807, 2.05) is 0 Å². The molecular formula is C14H10BrF2NO. The largest absolute Gasteiger partial charge is 0.294 e. The molecule has 2 rings (SSSR count). The first-order valence-corrected chi connectivity index (χ1v) is 6.35. The molecule has 0 saturated heterocycles. The summed E-state index contributed by atoms with van der Waals surface area (Å²) < 4.78 is 28.1. The van der Waals surface area contributed by atoms with Gasteiger partial charge >= 0.3 is 0 Å². The van der Waals surface area contributed by atoms with Crippen LogP contribution in [-0.4, -0.2) is 10.8 Å². The molecule has 2 aromatic rings. The van der Waals surface area contributed by atoms with Crippen molar-refractivity contribution in [1.82, 2.24) is 4.98 Å². The van der Waals surface area contributed by atoms with Gasteiger partial charge in [-0.05, 0) is 46.1 Å². The average molecular weight is 326 g/mol. The smallest absolute Gasteiger partial charge is 0.173 e. The van der Waals surface area contributed by atoms with Crippen molar-refractivity contribution in [3.63, 3.8) is 0 Å². The third-order valence-corrected chi connectivity index (χ3v) is 3.12. The number of ketones is 1. The molecule has 1 aromatic heterocycles. The van der Waals surface area contributed by atoms with Gasteiger partial charge in [0, 0.05) is 23.3 Å². The number of nitrogens with zero attached hydrogens (tertiary/aromatic N) is 1. The minimum absolute atomic E-state index is 0.0935. The normalized spacial score (nSPS) is 10.5. The molecule has 0 fully saturated rings. The molecule has 19 heavy (non-hydrogen) atoms. The highest BCUT2D eigenvalue weighted by Crippen LogP contribution is 2.19. The molecular weight excluding hydrogens is 316 g/mol. The van der Waals surface area contributed by atoms with Gasteiger partial charge in [-0.1, -0.05) is 6.07 Å². The molecule has 1 aromatic carbocycles. The van der Waals surface area contributed by atoms with Gasteiger partial charge in [-0.25, -0.2) is 8.78 Å². The Morgan fingerprint density at radius 1 is 1.32 bits per heavy atom. The molecule has 0 unspecified atom stereocenters. The number of benzene rings is 1. The van der Waals surface area contributed by atoms with Crippen LogP contribution in [0.5, 0.6) is 0 Å². The van der Waals surface area contributed by atoms with Crippen LogP contribution in [0.15, 0.2) is 35.1 Å². The molecule has 0 atom stereocenters. The lowest BCUT2D eigenvalue weighted by Gasteiger charge is -2.06. The van der Waals surface area contributed by atoms with Gasteiger partial charge in [0.15, 0.2) is 5.78 Å². The van der Waals surface area contributed by atoms with Crippen molar-refractivity contribution >= 4 is 21.7 Å². The van der Waals surface area contributed by atoms with Gasteiger partial charge in [0.1, 0.15) is 11.6 Å². The summed E-state index contributed by atoms with van der Waals surface area (Å²) >= 11 is 3.23. The summed E-state index contributed by atoms with van der Waals surface area (Å²) in [7, 11) is 0. The number of halogens is 3. The first-order valence-electron chi connectivity index (χ1n) is 5.56. The Balaban J connectivity index is 2.33. The van der Waals surface area contributed by atoms with Gasteiger partial charge in [-0.2, -0.15) is 0 Å². The van der Waals surface area contributed by atoms with E-state index in [-0.39, 0.29) is 12.0 Å². The van der Waals surface area contributed by atoms with Gasteiger partial charge in [0.05, 0.1) is 5.56 Å². The maximum absolute atomic E-state index is 13.8. The van der Waals surface area contributed by atoms with E-state index in [1.54, 1.807) is 12.3 Å². The standard InChI is InChI=1S/C14H10BrF2NO/c1-8-2-3-11(16)13(14(8)17)12(19)5-9-4-10(15)7-18-6-9/h2-4,6-7H,5H2,1H3. The molecule has 0 N–H and O–H groups in total. The first kappa shape index (κ1) is 13.8. The van der Waals surface area contributed by atoms with Crippen molar-refractivity contribution < 1.29 is 13.6 Å². The number of carbonyl (C=O) groups excluding carboxylic acids is 1. The highest BCUT2D eigenvalue weighted by molar-refractivity contribution is 9.10. The maximum Gasteiger partial charge on any atom is 0.173 e. The van der Waals surface area contributed by atoms with Gasteiger partial charge in [-0.3, -0.25) is 9.78 Å². The quantitative estimate of drug-likeness (QED) is 0.802. The number of hydrogen-bond acceptors (Lipinski definition) is 2. The van der Waals surface area contributed by atoms with Crippen LogP contribution in [0.25, 0.3) is 0 Å². The molecule has 0 aliphatic carbocycles. The fourth-order valence-electron chi connectivity index (χ4n) is 1.74. The topological polar surface area (TPSA) is 30.0 Å². The lowest BCUT2D eigenvalue weighted by Crippen LogP contribution is -2.10. The van der Waals surface area contributed by atoms with Crippen LogP contribution in [0.3, 0.4) is 0 Å². The number of aromatic nitrogens is 1. The third-order valence-electron chi connectivity index (χ3n) is 2.69. The number of Topliss-reactive ketones (excluding diaryl/α,β-unsaturated/α-hetero) is 1. The van der Waals surface area contributed by atoms with E-state index in [2.05, 4.69) is 20.9 Å². The van der Waals surface area contributed by atoms with Crippen LogP contribution < -0.4 is 0 Å². The highest BCUT2D eigenvalue weighted by Gasteiger charge is 2.19. The van der Waals surface area contributed by atoms with Gasteiger partial charge < -0.3 is 0 Å². The zero-order valence-corrected chi connectivity index (χ0v) is 11.7. The van der Waals surface area contributed by atoms with Crippen LogP contribution in [0.4, 0.5) is 8.78 Å². The molecule has 5 heteroatoms. The SMILES string of the molecule is Cc1ccc(F)c(C(=O)Cc2cncc(Br)c2)c1F. The minimum Gasteiger partial charge on any atom is -0.294 e. The minimum atomic E-state index is -0.837. The van der Waals surface area contributed by atoms with Crippen LogP contribution in [-0.2, 0) is 6.42 Å². The molecule has 98 valence electrons. The molecule has 0 aliphatic rings. The average Bonchev–Trinajstić information content (AvgIpc) is 2.34. The molecule has 2 nitrogen and oxygen atoms in total. The van der Waals surface area contributed by atoms with E-state index in [9.17, 15) is 13.6 Å². The summed E-state index contributed by atoms with van der Waals surface area (Å²) in [5, 5.41) is 0. The molecule has 0 bridgehead atoms. The highest BCUT2D eigenvalue weighted by atomic mass is 79.9. The Kier molecular flexibility index (Phi) is 4.04. The van der Waals surface area contributed by atoms with Crippen molar-refractivity contribution in [2.75, 3.05) is 0 Å². The van der Waals surface area contributed by atoms with Crippen molar-refractivity contribution in [3.05, 3.63) is 63.4 Å². The Hall–Kier alpha value is -1.62. The second-order valence-electron chi connectivity index (χ2n) is 4.16. The number of carbonyl (C=O) groups is 1. The number of aryl methyl sites for hydroxylation is 1. The second kappa shape index (κ2) is 5.57. The van der Waals surface area contributed by atoms with E-state index < -0.39 is 23.0 Å². The summed E-state index contributed by atoms with van der Waals surface area (Å²) in [6.07, 6.45) is 2.97. The van der Waals surface area contributed by atoms with Gasteiger partial charge in [0.25, 0.3) is 0 Å². The lowest BCUT2D eigenvalue weighted by atomic mass is 10.0. The van der Waals surface area contributed by atoms with E-state index in [4.69, 9.17) is 0 Å². The Bertz CT molecular complexity index is 643. The summed E-state index contributed by atoms with van der Waals surface area (Å²) in [5.74, 6) is -2.23. The van der Waals surface area contributed by atoms with Crippen LogP contribution in [0, 0.1) is 18.6 Å². The number of pyridine rings is 1. The van der Waals surface area contributed by atoms with Crippen molar-refractivity contribution in [2.45, 2.75) is 13.3 Å². The second-order valence-corrected chi connectivity index (χ2v) is 5.08. The van der Waals surface area contributed by atoms with E-state index >= 15 is 0 Å². The maximum atomic E-state index is 13.8. The summed E-state index contributed by atoms with van der Waals surface area (Å²) in [4.78, 5) is 15.9. The van der Waals surface area contributed by atoms with Crippen LogP contribution >= 0.6 is 15.9 Å². The number of rotatable bonds is 3. The zero-order valence-electron chi connectivity index (χ0n) is 10.1. The molecule has 0 aliphatic heterocycles. The molecule has 0 amide bonds. The van der Waals surface area contributed by atoms with E-state index in [1.165, 1.54) is 19.2 Å². The van der Waals surface area contributed by atoms with E-state index in [0.717, 1.165) is 6.07 Å². The summed E-state index contributed by atoms with van der Waals surface area (Å²) in [5.41, 5.74) is 0.358. The Labute approximate surface area is 117 Å². The van der Waals surface area contributed by atoms with Crippen LogP contribution in [0.2, 0.25) is 0 Å². The summed E-state index contributed by atoms with van der Waals surface area (Å²) in [6.45, 7) is 1.49. The zero-order chi connectivity index (χ0) is 14.0. The fraction of sp³-hybridized carbons (Fsp3) is 0.143. The first-order chi connectivity index (χ1) is 8.99. The third kappa shape index (κ3) is 3.04. The fourth-order valence-corrected chi connectivity index (χ4v) is 2.15. The predicted molar refractivity (Wildman–Crippen MR) is 71.1 cm³/mol. The predicted octanol–water partition coefficient (Wildman–Crippen LogP) is 3.86. The summed E-state index contributed by atoms with van der Waals surface area (Å²) in [6, 6.07) is 4.10. The monoisotopic (exact) mass is 325 g/mol. The number of hydrogen-bond donors (Lipinski definition) is 0. The van der Waals surface area contributed by atoms with Crippen molar-refractivity contribution in [3.8, 4) is 0 Å². The molecule has 0 spiro atoms. The van der Waals surface area contributed by atoms with Crippen LogP contribution in [0.1, 0.15) is 21.5 Å². The van der Waals surface area contributed by atoms with Crippen molar-refractivity contribution in [1.29, 1.82) is 0 Å². The van der Waals surface area contributed by atoms with Crippen molar-refractivity contribution in [2.24, 2.45) is 0 Å². The van der Waals surface area contributed by atoms with Gasteiger partial charge in [0.2, 0.25) is 0 Å². The lowest BCUT2D eigenvalue weighted by molar-refractivity contribution is 0.0984. The molecule has 1 heterocycles. The molecule has 0 saturated carbocycles. The molecule has 0 radical (unpaired) electrons.